The molecule has 0 N–H and O–H groups in total. The van der Waals surface area contributed by atoms with Crippen LogP contribution in [0.15, 0.2) is 18.2 Å². The molecule has 1 amide bonds. The highest BCUT2D eigenvalue weighted by Crippen LogP contribution is 2.21. The van der Waals surface area contributed by atoms with E-state index in [0.29, 0.717) is 13.0 Å². The van der Waals surface area contributed by atoms with Gasteiger partial charge in [0.25, 0.3) is 0 Å². The standard InChI is InChI=1S/C16H23NO4S/c1-12-5-4-6-15(13(12)2)21-9-7-16(18)17(3)14-8-10-22(19,20)11-14/h4-6,14H,7-11H2,1-3H3. The molecule has 1 heterocycles. The lowest BCUT2D eigenvalue weighted by Crippen LogP contribution is -2.38. The molecule has 1 aliphatic rings. The van der Waals surface area contributed by atoms with Gasteiger partial charge in [0.15, 0.2) is 9.84 Å². The minimum atomic E-state index is -2.97. The molecule has 1 fully saturated rings. The summed E-state index contributed by atoms with van der Waals surface area (Å²) in [4.78, 5) is 13.7. The number of hydrogen-bond acceptors (Lipinski definition) is 4. The average Bonchev–Trinajstić information content (AvgIpc) is 2.82. The van der Waals surface area contributed by atoms with Crippen LogP contribution in [-0.2, 0) is 14.6 Å². The maximum atomic E-state index is 12.1. The van der Waals surface area contributed by atoms with Crippen LogP contribution in [0.2, 0.25) is 0 Å². The molecule has 0 aliphatic carbocycles. The van der Waals surface area contributed by atoms with Crippen molar-refractivity contribution in [3.8, 4) is 5.75 Å². The number of sulfone groups is 1. The third-order valence-electron chi connectivity index (χ3n) is 4.28. The monoisotopic (exact) mass is 325 g/mol. The summed E-state index contributed by atoms with van der Waals surface area (Å²) in [5.74, 6) is 0.966. The van der Waals surface area contributed by atoms with Crippen molar-refractivity contribution in [2.24, 2.45) is 0 Å². The highest BCUT2D eigenvalue weighted by Gasteiger charge is 2.32. The second-order valence-corrected chi connectivity index (χ2v) is 8.09. The van der Waals surface area contributed by atoms with Crippen LogP contribution in [0.1, 0.15) is 24.0 Å². The predicted octanol–water partition coefficient (Wildman–Crippen LogP) is 1.72. The normalized spacial score (nSPS) is 19.9. The molecular formula is C16H23NO4S. The zero-order valence-electron chi connectivity index (χ0n) is 13.3. The molecule has 0 radical (unpaired) electrons. The van der Waals surface area contributed by atoms with Crippen molar-refractivity contribution in [2.75, 3.05) is 25.2 Å². The van der Waals surface area contributed by atoms with Crippen molar-refractivity contribution in [2.45, 2.75) is 32.7 Å². The van der Waals surface area contributed by atoms with Crippen LogP contribution < -0.4 is 4.74 Å². The van der Waals surface area contributed by atoms with Crippen molar-refractivity contribution in [3.63, 3.8) is 0 Å². The topological polar surface area (TPSA) is 63.7 Å². The largest absolute Gasteiger partial charge is 0.493 e. The average molecular weight is 325 g/mol. The maximum absolute atomic E-state index is 12.1. The number of aryl methyl sites for hydroxylation is 1. The van der Waals surface area contributed by atoms with E-state index in [4.69, 9.17) is 4.74 Å². The zero-order chi connectivity index (χ0) is 16.3. The van der Waals surface area contributed by atoms with Gasteiger partial charge in [0.05, 0.1) is 24.5 Å². The molecule has 0 spiro atoms. The van der Waals surface area contributed by atoms with Crippen LogP contribution in [0.3, 0.4) is 0 Å². The van der Waals surface area contributed by atoms with E-state index in [1.165, 1.54) is 0 Å². The summed E-state index contributed by atoms with van der Waals surface area (Å²) in [6.07, 6.45) is 0.781. The molecular weight excluding hydrogens is 302 g/mol. The van der Waals surface area contributed by atoms with Gasteiger partial charge in [0.1, 0.15) is 5.75 Å². The van der Waals surface area contributed by atoms with Gasteiger partial charge >= 0.3 is 0 Å². The summed E-state index contributed by atoms with van der Waals surface area (Å²) >= 11 is 0. The number of amides is 1. The van der Waals surface area contributed by atoms with E-state index in [1.807, 2.05) is 32.0 Å². The van der Waals surface area contributed by atoms with E-state index >= 15 is 0 Å². The molecule has 1 aromatic carbocycles. The first-order valence-electron chi connectivity index (χ1n) is 7.45. The fraction of sp³-hybridized carbons (Fsp3) is 0.562. The van der Waals surface area contributed by atoms with Gasteiger partial charge in [-0.25, -0.2) is 8.42 Å². The molecule has 1 aromatic rings. The number of benzene rings is 1. The predicted molar refractivity (Wildman–Crippen MR) is 85.9 cm³/mol. The molecule has 0 aromatic heterocycles. The Morgan fingerprint density at radius 3 is 2.73 bits per heavy atom. The van der Waals surface area contributed by atoms with E-state index in [1.54, 1.807) is 11.9 Å². The SMILES string of the molecule is Cc1cccc(OCCC(=O)N(C)C2CCS(=O)(=O)C2)c1C. The van der Waals surface area contributed by atoms with Gasteiger partial charge in [-0.3, -0.25) is 4.79 Å². The van der Waals surface area contributed by atoms with Crippen molar-refractivity contribution in [1.82, 2.24) is 4.90 Å². The Kier molecular flexibility index (Phi) is 5.11. The molecule has 1 saturated heterocycles. The molecule has 5 nitrogen and oxygen atoms in total. The van der Waals surface area contributed by atoms with Crippen molar-refractivity contribution in [1.29, 1.82) is 0 Å². The molecule has 1 aliphatic heterocycles. The second-order valence-electron chi connectivity index (χ2n) is 5.86. The van der Waals surface area contributed by atoms with Gasteiger partial charge in [-0.2, -0.15) is 0 Å². The van der Waals surface area contributed by atoms with Gasteiger partial charge < -0.3 is 9.64 Å². The number of hydrogen-bond donors (Lipinski definition) is 0. The summed E-state index contributed by atoms with van der Waals surface area (Å²) in [5.41, 5.74) is 2.22. The fourth-order valence-electron chi connectivity index (χ4n) is 2.59. The first-order chi connectivity index (χ1) is 10.3. The Morgan fingerprint density at radius 1 is 1.36 bits per heavy atom. The first-order valence-corrected chi connectivity index (χ1v) is 9.27. The summed E-state index contributed by atoms with van der Waals surface area (Å²) in [6.45, 7) is 4.30. The molecule has 1 unspecified atom stereocenters. The zero-order valence-corrected chi connectivity index (χ0v) is 14.1. The van der Waals surface area contributed by atoms with Crippen LogP contribution in [0.5, 0.6) is 5.75 Å². The number of ether oxygens (including phenoxy) is 1. The van der Waals surface area contributed by atoms with Gasteiger partial charge in [-0.05, 0) is 37.5 Å². The van der Waals surface area contributed by atoms with Crippen LogP contribution in [0.25, 0.3) is 0 Å². The lowest BCUT2D eigenvalue weighted by molar-refractivity contribution is -0.132. The fourth-order valence-corrected chi connectivity index (χ4v) is 4.36. The molecule has 122 valence electrons. The van der Waals surface area contributed by atoms with Gasteiger partial charge in [-0.1, -0.05) is 12.1 Å². The Balaban J connectivity index is 1.84. The third kappa shape index (κ3) is 4.00. The van der Waals surface area contributed by atoms with E-state index in [-0.39, 0.29) is 29.9 Å². The Bertz CT molecular complexity index is 654. The minimum Gasteiger partial charge on any atom is -0.493 e. The Morgan fingerprint density at radius 2 is 2.09 bits per heavy atom. The molecule has 1 atom stereocenters. The van der Waals surface area contributed by atoms with E-state index in [9.17, 15) is 13.2 Å². The molecule has 0 bridgehead atoms. The van der Waals surface area contributed by atoms with E-state index in [0.717, 1.165) is 16.9 Å². The number of carbonyl (C=O) groups is 1. The van der Waals surface area contributed by atoms with Crippen molar-refractivity contribution >= 4 is 15.7 Å². The lowest BCUT2D eigenvalue weighted by Gasteiger charge is -2.23. The van der Waals surface area contributed by atoms with E-state index < -0.39 is 9.84 Å². The summed E-state index contributed by atoms with van der Waals surface area (Å²) in [6, 6.07) is 5.63. The number of carbonyl (C=O) groups excluding carboxylic acids is 1. The van der Waals surface area contributed by atoms with Crippen LogP contribution in [-0.4, -0.2) is 50.4 Å². The van der Waals surface area contributed by atoms with Gasteiger partial charge in [-0.15, -0.1) is 0 Å². The minimum absolute atomic E-state index is 0.0765. The maximum Gasteiger partial charge on any atom is 0.226 e. The summed E-state index contributed by atoms with van der Waals surface area (Å²) in [5, 5.41) is 0. The van der Waals surface area contributed by atoms with Crippen LogP contribution >= 0.6 is 0 Å². The number of rotatable bonds is 5. The van der Waals surface area contributed by atoms with Gasteiger partial charge in [0, 0.05) is 13.1 Å². The smallest absolute Gasteiger partial charge is 0.226 e. The molecule has 0 saturated carbocycles. The summed E-state index contributed by atoms with van der Waals surface area (Å²) in [7, 11) is -1.30. The van der Waals surface area contributed by atoms with Crippen LogP contribution in [0.4, 0.5) is 0 Å². The lowest BCUT2D eigenvalue weighted by atomic mass is 10.1. The Hall–Kier alpha value is -1.56. The first kappa shape index (κ1) is 16.8. The van der Waals surface area contributed by atoms with E-state index in [2.05, 4.69) is 0 Å². The molecule has 6 heteroatoms. The highest BCUT2D eigenvalue weighted by atomic mass is 32.2. The molecule has 22 heavy (non-hydrogen) atoms. The van der Waals surface area contributed by atoms with Gasteiger partial charge in [0.2, 0.25) is 5.91 Å². The Labute approximate surface area is 132 Å². The highest BCUT2D eigenvalue weighted by molar-refractivity contribution is 7.91. The van der Waals surface area contributed by atoms with Crippen LogP contribution in [0, 0.1) is 13.8 Å². The molecule has 2 rings (SSSR count). The van der Waals surface area contributed by atoms with Crippen molar-refractivity contribution in [3.05, 3.63) is 29.3 Å². The quantitative estimate of drug-likeness (QED) is 0.827. The second kappa shape index (κ2) is 6.69. The summed E-state index contributed by atoms with van der Waals surface area (Å²) < 4.78 is 28.6. The van der Waals surface area contributed by atoms with Crippen molar-refractivity contribution < 1.29 is 17.9 Å². The number of nitrogens with zero attached hydrogens (tertiary/aromatic N) is 1. The third-order valence-corrected chi connectivity index (χ3v) is 6.03.